The molecule has 0 saturated heterocycles. The summed E-state index contributed by atoms with van der Waals surface area (Å²) < 4.78 is 32.6. The van der Waals surface area contributed by atoms with Crippen molar-refractivity contribution >= 4 is 17.1 Å². The van der Waals surface area contributed by atoms with Crippen molar-refractivity contribution in [3.63, 3.8) is 0 Å². The van der Waals surface area contributed by atoms with Gasteiger partial charge in [0.25, 0.3) is 0 Å². The predicted octanol–water partition coefficient (Wildman–Crippen LogP) is 4.08. The second-order valence-electron chi connectivity index (χ2n) is 4.64. The van der Waals surface area contributed by atoms with Crippen LogP contribution in [0, 0.1) is 11.6 Å². The fourth-order valence-electron chi connectivity index (χ4n) is 1.73. The maximum absolute atomic E-state index is 13.7. The van der Waals surface area contributed by atoms with Crippen LogP contribution in [0.2, 0.25) is 0 Å². The van der Waals surface area contributed by atoms with Crippen LogP contribution in [-0.2, 0) is 0 Å². The summed E-state index contributed by atoms with van der Waals surface area (Å²) in [7, 11) is 0. The minimum Gasteiger partial charge on any atom is -0.488 e. The van der Waals surface area contributed by atoms with Crippen LogP contribution in [0.1, 0.15) is 13.8 Å². The van der Waals surface area contributed by atoms with Gasteiger partial charge in [-0.3, -0.25) is 0 Å². The Kier molecular flexibility index (Phi) is 4.08. The molecular weight excluding hydrogens is 262 g/mol. The van der Waals surface area contributed by atoms with Crippen molar-refractivity contribution in [2.45, 2.75) is 20.0 Å². The number of rotatable bonds is 4. The van der Waals surface area contributed by atoms with Crippen molar-refractivity contribution in [3.8, 4) is 5.75 Å². The zero-order chi connectivity index (χ0) is 14.7. The first-order valence-corrected chi connectivity index (χ1v) is 6.24. The SMILES string of the molecule is CC(C)Oc1cc(Nc2ccccc2F)c(N)cc1F. The summed E-state index contributed by atoms with van der Waals surface area (Å²) in [5.41, 5.74) is 6.58. The van der Waals surface area contributed by atoms with Crippen molar-refractivity contribution in [2.75, 3.05) is 11.1 Å². The minimum atomic E-state index is -0.546. The Hall–Kier alpha value is -2.30. The van der Waals surface area contributed by atoms with E-state index < -0.39 is 11.6 Å². The lowest BCUT2D eigenvalue weighted by molar-refractivity contribution is 0.231. The van der Waals surface area contributed by atoms with E-state index in [9.17, 15) is 8.78 Å². The number of nitrogens with one attached hydrogen (secondary N) is 1. The molecule has 2 rings (SSSR count). The Bertz CT molecular complexity index is 615. The van der Waals surface area contributed by atoms with Gasteiger partial charge in [-0.1, -0.05) is 12.1 Å². The zero-order valence-corrected chi connectivity index (χ0v) is 11.3. The van der Waals surface area contributed by atoms with Crippen LogP contribution in [0.4, 0.5) is 25.8 Å². The largest absolute Gasteiger partial charge is 0.488 e. The maximum Gasteiger partial charge on any atom is 0.167 e. The molecule has 0 spiro atoms. The van der Waals surface area contributed by atoms with Gasteiger partial charge < -0.3 is 15.8 Å². The number of ether oxygens (including phenoxy) is 1. The van der Waals surface area contributed by atoms with Gasteiger partial charge in [0.1, 0.15) is 5.82 Å². The molecule has 2 aromatic rings. The van der Waals surface area contributed by atoms with Crippen molar-refractivity contribution in [1.82, 2.24) is 0 Å². The molecule has 0 bridgehead atoms. The maximum atomic E-state index is 13.7. The molecule has 106 valence electrons. The highest BCUT2D eigenvalue weighted by atomic mass is 19.1. The fraction of sp³-hybridized carbons (Fsp3) is 0.200. The van der Waals surface area contributed by atoms with Crippen LogP contribution in [0.25, 0.3) is 0 Å². The minimum absolute atomic E-state index is 0.0769. The van der Waals surface area contributed by atoms with Gasteiger partial charge in [-0.15, -0.1) is 0 Å². The summed E-state index contributed by atoms with van der Waals surface area (Å²) in [5.74, 6) is -0.883. The average molecular weight is 278 g/mol. The Morgan fingerprint density at radius 3 is 2.40 bits per heavy atom. The van der Waals surface area contributed by atoms with Gasteiger partial charge in [0.15, 0.2) is 11.6 Å². The van der Waals surface area contributed by atoms with E-state index in [-0.39, 0.29) is 23.2 Å². The number of nitrogens with two attached hydrogens (primary N) is 1. The van der Waals surface area contributed by atoms with Crippen molar-refractivity contribution in [3.05, 3.63) is 48.0 Å². The van der Waals surface area contributed by atoms with Crippen LogP contribution in [0.3, 0.4) is 0 Å². The highest BCUT2D eigenvalue weighted by molar-refractivity contribution is 5.74. The number of hydrogen-bond acceptors (Lipinski definition) is 3. The summed E-state index contributed by atoms with van der Waals surface area (Å²) in [6.45, 7) is 3.58. The molecule has 3 nitrogen and oxygen atoms in total. The summed E-state index contributed by atoms with van der Waals surface area (Å²) in [5, 5.41) is 2.83. The number of hydrogen-bond donors (Lipinski definition) is 2. The average Bonchev–Trinajstić information content (AvgIpc) is 2.37. The summed E-state index contributed by atoms with van der Waals surface area (Å²) in [6, 6.07) is 8.76. The van der Waals surface area contributed by atoms with Gasteiger partial charge in [0.2, 0.25) is 0 Å². The quantitative estimate of drug-likeness (QED) is 0.828. The monoisotopic (exact) mass is 278 g/mol. The zero-order valence-electron chi connectivity index (χ0n) is 11.3. The molecule has 0 aliphatic rings. The van der Waals surface area contributed by atoms with E-state index >= 15 is 0 Å². The van der Waals surface area contributed by atoms with Gasteiger partial charge in [-0.05, 0) is 26.0 Å². The third kappa shape index (κ3) is 3.17. The van der Waals surface area contributed by atoms with Crippen LogP contribution in [0.5, 0.6) is 5.75 Å². The van der Waals surface area contributed by atoms with E-state index in [4.69, 9.17) is 10.5 Å². The smallest absolute Gasteiger partial charge is 0.167 e. The van der Waals surface area contributed by atoms with Gasteiger partial charge in [-0.25, -0.2) is 8.78 Å². The molecule has 20 heavy (non-hydrogen) atoms. The molecule has 3 N–H and O–H groups in total. The second kappa shape index (κ2) is 5.77. The molecule has 0 fully saturated rings. The number of halogens is 2. The van der Waals surface area contributed by atoms with Crippen LogP contribution in [0.15, 0.2) is 36.4 Å². The summed E-state index contributed by atoms with van der Waals surface area (Å²) in [6.07, 6.45) is -0.172. The first-order valence-electron chi connectivity index (χ1n) is 6.24. The van der Waals surface area contributed by atoms with Crippen LogP contribution in [-0.4, -0.2) is 6.10 Å². The van der Waals surface area contributed by atoms with E-state index in [1.165, 1.54) is 12.1 Å². The predicted molar refractivity (Wildman–Crippen MR) is 76.3 cm³/mol. The van der Waals surface area contributed by atoms with Crippen molar-refractivity contribution < 1.29 is 13.5 Å². The Labute approximate surface area is 116 Å². The van der Waals surface area contributed by atoms with E-state index in [1.54, 1.807) is 32.0 Å². The molecule has 0 aliphatic carbocycles. The van der Waals surface area contributed by atoms with Crippen LogP contribution < -0.4 is 15.8 Å². The second-order valence-corrected chi connectivity index (χ2v) is 4.64. The first-order chi connectivity index (χ1) is 9.47. The number of anilines is 3. The molecule has 0 radical (unpaired) electrons. The Balaban J connectivity index is 2.34. The van der Waals surface area contributed by atoms with Gasteiger partial charge >= 0.3 is 0 Å². The molecule has 0 saturated carbocycles. The molecular formula is C15H16F2N2O. The summed E-state index contributed by atoms with van der Waals surface area (Å²) in [4.78, 5) is 0. The Morgan fingerprint density at radius 1 is 1.05 bits per heavy atom. The van der Waals surface area contributed by atoms with Gasteiger partial charge in [0.05, 0.1) is 23.2 Å². The number of para-hydroxylation sites is 1. The van der Waals surface area contributed by atoms with Gasteiger partial charge in [0, 0.05) is 12.1 Å². The molecule has 0 atom stereocenters. The standard InChI is InChI=1S/C15H16F2N2O/c1-9(2)20-15-8-14(12(18)7-11(15)17)19-13-6-4-3-5-10(13)16/h3-9,19H,18H2,1-2H3. The molecule has 0 amide bonds. The van der Waals surface area contributed by atoms with Crippen molar-refractivity contribution in [2.24, 2.45) is 0 Å². The van der Waals surface area contributed by atoms with E-state index in [2.05, 4.69) is 5.32 Å². The molecule has 5 heteroatoms. The lowest BCUT2D eigenvalue weighted by Crippen LogP contribution is -2.08. The lowest BCUT2D eigenvalue weighted by atomic mass is 10.2. The normalized spacial score (nSPS) is 10.7. The fourth-order valence-corrected chi connectivity index (χ4v) is 1.73. The highest BCUT2D eigenvalue weighted by Gasteiger charge is 2.12. The first kappa shape index (κ1) is 14.1. The third-order valence-electron chi connectivity index (χ3n) is 2.61. The van der Waals surface area contributed by atoms with Crippen LogP contribution >= 0.6 is 0 Å². The van der Waals surface area contributed by atoms with E-state index in [1.807, 2.05) is 0 Å². The molecule has 0 heterocycles. The lowest BCUT2D eigenvalue weighted by Gasteiger charge is -2.15. The summed E-state index contributed by atoms with van der Waals surface area (Å²) >= 11 is 0. The van der Waals surface area contributed by atoms with E-state index in [0.717, 1.165) is 6.07 Å². The van der Waals surface area contributed by atoms with Crippen molar-refractivity contribution in [1.29, 1.82) is 0 Å². The topological polar surface area (TPSA) is 47.3 Å². The third-order valence-corrected chi connectivity index (χ3v) is 2.61. The molecule has 0 aromatic heterocycles. The number of benzene rings is 2. The van der Waals surface area contributed by atoms with E-state index in [0.29, 0.717) is 5.69 Å². The molecule has 2 aromatic carbocycles. The Morgan fingerprint density at radius 2 is 1.75 bits per heavy atom. The molecule has 0 aliphatic heterocycles. The van der Waals surface area contributed by atoms with Gasteiger partial charge in [-0.2, -0.15) is 0 Å². The number of nitrogen functional groups attached to an aromatic ring is 1. The highest BCUT2D eigenvalue weighted by Crippen LogP contribution is 2.31. The molecule has 0 unspecified atom stereocenters.